The molecule has 19 heavy (non-hydrogen) atoms. The lowest BCUT2D eigenvalue weighted by Crippen LogP contribution is -2.34. The zero-order valence-electron chi connectivity index (χ0n) is 10.8. The molecule has 1 aromatic carbocycles. The van der Waals surface area contributed by atoms with Gasteiger partial charge in [0.15, 0.2) is 11.5 Å². The molecule has 0 aliphatic rings. The molecule has 1 aromatic rings. The van der Waals surface area contributed by atoms with Crippen molar-refractivity contribution in [3.05, 3.63) is 24.3 Å². The van der Waals surface area contributed by atoms with Gasteiger partial charge in [-0.3, -0.25) is 4.90 Å². The minimum Gasteiger partial charge on any atom is -0.493 e. The SMILES string of the molecule is COc1ccccc1OCCN(CCBr)CC(F)F. The number of nitrogens with zero attached hydrogens (tertiary/aromatic N) is 1. The maximum Gasteiger partial charge on any atom is 0.251 e. The molecule has 0 bridgehead atoms. The fraction of sp³-hybridized carbons (Fsp3) is 0.538. The van der Waals surface area contributed by atoms with Gasteiger partial charge in [-0.2, -0.15) is 0 Å². The van der Waals surface area contributed by atoms with Gasteiger partial charge in [0.25, 0.3) is 6.43 Å². The van der Waals surface area contributed by atoms with E-state index in [0.29, 0.717) is 36.5 Å². The van der Waals surface area contributed by atoms with E-state index >= 15 is 0 Å². The molecule has 0 saturated carbocycles. The summed E-state index contributed by atoms with van der Waals surface area (Å²) in [5.41, 5.74) is 0. The first-order valence-corrected chi connectivity index (χ1v) is 7.11. The molecule has 1 rings (SSSR count). The van der Waals surface area contributed by atoms with Gasteiger partial charge in [0.1, 0.15) is 6.61 Å². The summed E-state index contributed by atoms with van der Waals surface area (Å²) < 4.78 is 35.4. The molecular weight excluding hydrogens is 320 g/mol. The summed E-state index contributed by atoms with van der Waals surface area (Å²) in [5.74, 6) is 1.27. The predicted octanol–water partition coefficient (Wildman–Crippen LogP) is 3.04. The number of halogens is 3. The van der Waals surface area contributed by atoms with Crippen LogP contribution in [0, 0.1) is 0 Å². The molecule has 3 nitrogen and oxygen atoms in total. The molecule has 0 aromatic heterocycles. The van der Waals surface area contributed by atoms with Crippen LogP contribution in [0.4, 0.5) is 8.78 Å². The van der Waals surface area contributed by atoms with Crippen LogP contribution in [-0.2, 0) is 0 Å². The van der Waals surface area contributed by atoms with E-state index in [1.807, 2.05) is 12.1 Å². The van der Waals surface area contributed by atoms with Crippen LogP contribution in [0.1, 0.15) is 0 Å². The summed E-state index contributed by atoms with van der Waals surface area (Å²) in [4.78, 5) is 1.66. The molecule has 0 atom stereocenters. The molecule has 0 saturated heterocycles. The number of hydrogen-bond donors (Lipinski definition) is 0. The van der Waals surface area contributed by atoms with Gasteiger partial charge in [-0.05, 0) is 12.1 Å². The number of hydrogen-bond acceptors (Lipinski definition) is 3. The van der Waals surface area contributed by atoms with Crippen molar-refractivity contribution in [2.24, 2.45) is 0 Å². The highest BCUT2D eigenvalue weighted by atomic mass is 79.9. The van der Waals surface area contributed by atoms with Crippen LogP contribution in [0.25, 0.3) is 0 Å². The Hall–Kier alpha value is -0.880. The highest BCUT2D eigenvalue weighted by Gasteiger charge is 2.11. The molecule has 0 aliphatic heterocycles. The maximum absolute atomic E-state index is 12.4. The van der Waals surface area contributed by atoms with Crippen molar-refractivity contribution in [3.63, 3.8) is 0 Å². The normalized spacial score (nSPS) is 11.1. The summed E-state index contributed by atoms with van der Waals surface area (Å²) in [6, 6.07) is 7.28. The smallest absolute Gasteiger partial charge is 0.251 e. The third-order valence-electron chi connectivity index (χ3n) is 2.53. The first kappa shape index (κ1) is 16.2. The van der Waals surface area contributed by atoms with Crippen molar-refractivity contribution in [3.8, 4) is 11.5 Å². The topological polar surface area (TPSA) is 21.7 Å². The monoisotopic (exact) mass is 337 g/mol. The number of rotatable bonds is 9. The number of ether oxygens (including phenoxy) is 2. The fourth-order valence-corrected chi connectivity index (χ4v) is 2.13. The highest BCUT2D eigenvalue weighted by molar-refractivity contribution is 9.09. The molecule has 0 radical (unpaired) electrons. The lowest BCUT2D eigenvalue weighted by Gasteiger charge is -2.21. The van der Waals surface area contributed by atoms with E-state index in [2.05, 4.69) is 15.9 Å². The Morgan fingerprint density at radius 2 is 1.89 bits per heavy atom. The van der Waals surface area contributed by atoms with Crippen molar-refractivity contribution >= 4 is 15.9 Å². The highest BCUT2D eigenvalue weighted by Crippen LogP contribution is 2.25. The van der Waals surface area contributed by atoms with E-state index in [1.54, 1.807) is 24.1 Å². The Kier molecular flexibility index (Phi) is 7.74. The van der Waals surface area contributed by atoms with E-state index in [-0.39, 0.29) is 6.54 Å². The predicted molar refractivity (Wildman–Crippen MR) is 74.7 cm³/mol. The second-order valence-electron chi connectivity index (χ2n) is 3.88. The minimum absolute atomic E-state index is 0.235. The van der Waals surface area contributed by atoms with Crippen LogP contribution >= 0.6 is 15.9 Å². The van der Waals surface area contributed by atoms with E-state index < -0.39 is 6.43 Å². The largest absolute Gasteiger partial charge is 0.493 e. The summed E-state index contributed by atoms with van der Waals surface area (Å²) >= 11 is 3.25. The first-order chi connectivity index (χ1) is 9.17. The molecule has 6 heteroatoms. The minimum atomic E-state index is -2.33. The summed E-state index contributed by atoms with van der Waals surface area (Å²) in [6.07, 6.45) is -2.33. The van der Waals surface area contributed by atoms with E-state index in [9.17, 15) is 8.78 Å². The van der Waals surface area contributed by atoms with E-state index in [0.717, 1.165) is 0 Å². The molecule has 0 heterocycles. The second kappa shape index (κ2) is 9.09. The average Bonchev–Trinajstić information content (AvgIpc) is 2.39. The van der Waals surface area contributed by atoms with Gasteiger partial charge in [0.2, 0.25) is 0 Å². The lowest BCUT2D eigenvalue weighted by atomic mass is 10.3. The number of benzene rings is 1. The lowest BCUT2D eigenvalue weighted by molar-refractivity contribution is 0.0837. The van der Waals surface area contributed by atoms with Crippen molar-refractivity contribution in [1.82, 2.24) is 4.90 Å². The van der Waals surface area contributed by atoms with Gasteiger partial charge in [-0.15, -0.1) is 0 Å². The molecule has 0 N–H and O–H groups in total. The molecule has 0 unspecified atom stereocenters. The van der Waals surface area contributed by atoms with E-state index in [4.69, 9.17) is 9.47 Å². The molecule has 0 amide bonds. The maximum atomic E-state index is 12.4. The summed E-state index contributed by atoms with van der Waals surface area (Å²) in [6.45, 7) is 1.13. The Balaban J connectivity index is 2.42. The molecule has 108 valence electrons. The number of para-hydroxylation sites is 2. The van der Waals surface area contributed by atoms with Gasteiger partial charge in [-0.25, -0.2) is 8.78 Å². The fourth-order valence-electron chi connectivity index (χ4n) is 1.63. The Morgan fingerprint density at radius 3 is 2.47 bits per heavy atom. The van der Waals surface area contributed by atoms with Gasteiger partial charge < -0.3 is 9.47 Å². The molecule has 0 aliphatic carbocycles. The zero-order valence-corrected chi connectivity index (χ0v) is 12.4. The molecular formula is C13H18BrF2NO2. The van der Waals surface area contributed by atoms with Crippen molar-refractivity contribution in [1.29, 1.82) is 0 Å². The number of methoxy groups -OCH3 is 1. The average molecular weight is 338 g/mol. The Labute approximate surface area is 120 Å². The van der Waals surface area contributed by atoms with Gasteiger partial charge in [0, 0.05) is 18.4 Å². The van der Waals surface area contributed by atoms with Gasteiger partial charge >= 0.3 is 0 Å². The second-order valence-corrected chi connectivity index (χ2v) is 4.67. The van der Waals surface area contributed by atoms with Crippen molar-refractivity contribution < 1.29 is 18.3 Å². The van der Waals surface area contributed by atoms with Crippen LogP contribution in [0.2, 0.25) is 0 Å². The van der Waals surface area contributed by atoms with Gasteiger partial charge in [-0.1, -0.05) is 28.1 Å². The summed E-state index contributed by atoms with van der Waals surface area (Å²) in [5, 5.41) is 0.661. The Bertz CT molecular complexity index is 366. The molecule has 0 fully saturated rings. The van der Waals surface area contributed by atoms with Crippen LogP contribution < -0.4 is 9.47 Å². The number of alkyl halides is 3. The van der Waals surface area contributed by atoms with Crippen molar-refractivity contribution in [2.75, 3.05) is 38.7 Å². The third kappa shape index (κ3) is 6.20. The van der Waals surface area contributed by atoms with Crippen LogP contribution in [0.5, 0.6) is 11.5 Å². The Morgan fingerprint density at radius 1 is 1.21 bits per heavy atom. The third-order valence-corrected chi connectivity index (χ3v) is 2.89. The van der Waals surface area contributed by atoms with E-state index in [1.165, 1.54) is 0 Å². The molecule has 0 spiro atoms. The first-order valence-electron chi connectivity index (χ1n) is 5.99. The van der Waals surface area contributed by atoms with Crippen LogP contribution in [0.15, 0.2) is 24.3 Å². The zero-order chi connectivity index (χ0) is 14.1. The van der Waals surface area contributed by atoms with Gasteiger partial charge in [0.05, 0.1) is 13.7 Å². The van der Waals surface area contributed by atoms with Crippen molar-refractivity contribution in [2.45, 2.75) is 6.43 Å². The standard InChI is InChI=1S/C13H18BrF2NO2/c1-18-11-4-2-3-5-12(11)19-9-8-17(7-6-14)10-13(15)16/h2-5,13H,6-10H2,1H3. The van der Waals surface area contributed by atoms with Crippen LogP contribution in [0.3, 0.4) is 0 Å². The van der Waals surface area contributed by atoms with Crippen LogP contribution in [-0.4, -0.2) is 50.0 Å². The summed E-state index contributed by atoms with van der Waals surface area (Å²) in [7, 11) is 1.57. The quantitative estimate of drug-likeness (QED) is 0.646.